The second-order valence-electron chi connectivity index (χ2n) is 5.37. The van der Waals surface area contributed by atoms with E-state index in [0.717, 1.165) is 0 Å². The van der Waals surface area contributed by atoms with Crippen LogP contribution in [-0.4, -0.2) is 21.1 Å². The lowest BCUT2D eigenvalue weighted by molar-refractivity contribution is 0.102. The van der Waals surface area contributed by atoms with Crippen molar-refractivity contribution in [2.24, 2.45) is 5.14 Å². The van der Waals surface area contributed by atoms with Gasteiger partial charge in [-0.3, -0.25) is 4.79 Å². The van der Waals surface area contributed by atoms with E-state index in [1.807, 2.05) is 6.92 Å². The topological polar surface area (TPSA) is 108 Å². The molecular formula is C16H15ClN2O5S. The molecule has 1 heterocycles. The highest BCUT2D eigenvalue weighted by molar-refractivity contribution is 7.89. The molecule has 9 heteroatoms. The third-order valence-corrected chi connectivity index (χ3v) is 4.98. The number of fused-ring (bicyclic) bond motifs is 1. The Morgan fingerprint density at radius 1 is 1.28 bits per heavy atom. The number of hydrogen-bond acceptors (Lipinski definition) is 5. The van der Waals surface area contributed by atoms with Crippen molar-refractivity contribution in [3.05, 3.63) is 46.5 Å². The van der Waals surface area contributed by atoms with Crippen LogP contribution < -0.4 is 19.9 Å². The summed E-state index contributed by atoms with van der Waals surface area (Å²) < 4.78 is 33.8. The minimum absolute atomic E-state index is 0.0171. The molecule has 7 nitrogen and oxygen atoms in total. The van der Waals surface area contributed by atoms with Gasteiger partial charge < -0.3 is 14.8 Å². The highest BCUT2D eigenvalue weighted by Gasteiger charge is 2.21. The molecule has 1 aliphatic rings. The number of anilines is 1. The Balaban J connectivity index is 1.90. The first-order valence-electron chi connectivity index (χ1n) is 7.36. The zero-order chi connectivity index (χ0) is 18.2. The highest BCUT2D eigenvalue weighted by Crippen LogP contribution is 2.39. The lowest BCUT2D eigenvalue weighted by Gasteiger charge is -2.11. The van der Waals surface area contributed by atoms with E-state index in [1.54, 1.807) is 12.1 Å². The second-order valence-corrected chi connectivity index (χ2v) is 7.30. The summed E-state index contributed by atoms with van der Waals surface area (Å²) in [5, 5.41) is 8.12. The van der Waals surface area contributed by atoms with Crippen molar-refractivity contribution in [2.45, 2.75) is 18.2 Å². The molecule has 25 heavy (non-hydrogen) atoms. The van der Waals surface area contributed by atoms with E-state index in [1.165, 1.54) is 18.2 Å². The summed E-state index contributed by atoms with van der Waals surface area (Å²) in [6.07, 6.45) is 0.498. The van der Waals surface area contributed by atoms with E-state index in [0.29, 0.717) is 29.2 Å². The smallest absolute Gasteiger partial charge is 0.255 e. The van der Waals surface area contributed by atoms with Crippen LogP contribution in [0, 0.1) is 0 Å². The molecule has 0 aromatic heterocycles. The van der Waals surface area contributed by atoms with Crippen LogP contribution in [-0.2, 0) is 16.4 Å². The van der Waals surface area contributed by atoms with Crippen molar-refractivity contribution in [1.82, 2.24) is 0 Å². The van der Waals surface area contributed by atoms with Crippen LogP contribution in [0.1, 0.15) is 22.8 Å². The molecule has 3 N–H and O–H groups in total. The average Bonchev–Trinajstić information content (AvgIpc) is 3.03. The summed E-state index contributed by atoms with van der Waals surface area (Å²) >= 11 is 6.07. The Morgan fingerprint density at radius 3 is 2.72 bits per heavy atom. The maximum atomic E-state index is 12.4. The molecule has 3 rings (SSSR count). The Morgan fingerprint density at radius 2 is 2.04 bits per heavy atom. The number of amides is 1. The van der Waals surface area contributed by atoms with Gasteiger partial charge in [-0.25, -0.2) is 13.6 Å². The fourth-order valence-corrected chi connectivity index (χ4v) is 3.63. The predicted molar refractivity (Wildman–Crippen MR) is 92.7 cm³/mol. The molecule has 0 saturated heterocycles. The van der Waals surface area contributed by atoms with Gasteiger partial charge in [-0.15, -0.1) is 0 Å². The third-order valence-electron chi connectivity index (χ3n) is 3.70. The van der Waals surface area contributed by atoms with E-state index < -0.39 is 15.9 Å². The number of aryl methyl sites for hydroxylation is 1. The Labute approximate surface area is 149 Å². The molecule has 132 valence electrons. The zero-order valence-electron chi connectivity index (χ0n) is 13.2. The van der Waals surface area contributed by atoms with E-state index in [-0.39, 0.29) is 22.3 Å². The average molecular weight is 383 g/mol. The Hall–Kier alpha value is -2.29. The molecule has 0 radical (unpaired) electrons. The molecule has 0 fully saturated rings. The number of sulfonamides is 1. The van der Waals surface area contributed by atoms with E-state index in [9.17, 15) is 13.2 Å². The lowest BCUT2D eigenvalue weighted by Crippen LogP contribution is -2.16. The van der Waals surface area contributed by atoms with Gasteiger partial charge in [-0.05, 0) is 36.2 Å². The molecule has 2 aromatic carbocycles. The van der Waals surface area contributed by atoms with Gasteiger partial charge in [-0.1, -0.05) is 24.6 Å². The second kappa shape index (κ2) is 6.55. The number of halogens is 1. The number of carbonyl (C=O) groups is 1. The largest absolute Gasteiger partial charge is 0.454 e. The fraction of sp³-hybridized carbons (Fsp3) is 0.188. The first-order valence-corrected chi connectivity index (χ1v) is 9.28. The first kappa shape index (κ1) is 17.5. The van der Waals surface area contributed by atoms with Crippen molar-refractivity contribution in [3.63, 3.8) is 0 Å². The highest BCUT2D eigenvalue weighted by atomic mass is 35.5. The van der Waals surface area contributed by atoms with Crippen LogP contribution in [0.4, 0.5) is 5.69 Å². The van der Waals surface area contributed by atoms with Gasteiger partial charge >= 0.3 is 0 Å². The van der Waals surface area contributed by atoms with Crippen LogP contribution >= 0.6 is 11.6 Å². The SMILES string of the molecule is CCc1ccc(NC(=O)c2cc(Cl)c3c(c2)OCO3)cc1S(N)(=O)=O. The summed E-state index contributed by atoms with van der Waals surface area (Å²) in [5.74, 6) is 0.302. The molecule has 0 atom stereocenters. The monoisotopic (exact) mass is 382 g/mol. The minimum Gasteiger partial charge on any atom is -0.454 e. The summed E-state index contributed by atoms with van der Waals surface area (Å²) in [5.41, 5.74) is 1.14. The summed E-state index contributed by atoms with van der Waals surface area (Å²) in [7, 11) is -3.89. The molecule has 0 spiro atoms. The summed E-state index contributed by atoms with van der Waals surface area (Å²) in [6.45, 7) is 1.85. The van der Waals surface area contributed by atoms with Gasteiger partial charge in [0.1, 0.15) is 0 Å². The van der Waals surface area contributed by atoms with Gasteiger partial charge in [0.15, 0.2) is 11.5 Å². The van der Waals surface area contributed by atoms with Crippen molar-refractivity contribution < 1.29 is 22.7 Å². The molecule has 0 bridgehead atoms. The zero-order valence-corrected chi connectivity index (χ0v) is 14.8. The molecule has 2 aromatic rings. The van der Waals surface area contributed by atoms with Crippen molar-refractivity contribution in [2.75, 3.05) is 12.1 Å². The number of primary sulfonamides is 1. The van der Waals surface area contributed by atoms with Crippen LogP contribution in [0.2, 0.25) is 5.02 Å². The maximum absolute atomic E-state index is 12.4. The number of nitrogens with one attached hydrogen (secondary N) is 1. The van der Waals surface area contributed by atoms with Gasteiger partial charge in [0, 0.05) is 11.3 Å². The number of carbonyl (C=O) groups excluding carboxylic acids is 1. The normalized spacial score (nSPS) is 12.9. The van der Waals surface area contributed by atoms with Crippen molar-refractivity contribution in [3.8, 4) is 11.5 Å². The molecule has 1 aliphatic heterocycles. The van der Waals surface area contributed by atoms with Gasteiger partial charge in [0.2, 0.25) is 16.8 Å². The van der Waals surface area contributed by atoms with Crippen molar-refractivity contribution in [1.29, 1.82) is 0 Å². The molecule has 0 saturated carbocycles. The maximum Gasteiger partial charge on any atom is 0.255 e. The number of rotatable bonds is 4. The van der Waals surface area contributed by atoms with Crippen LogP contribution in [0.5, 0.6) is 11.5 Å². The summed E-state index contributed by atoms with van der Waals surface area (Å²) in [4.78, 5) is 12.4. The van der Waals surface area contributed by atoms with Crippen LogP contribution in [0.25, 0.3) is 0 Å². The van der Waals surface area contributed by atoms with E-state index in [2.05, 4.69) is 5.32 Å². The first-order chi connectivity index (χ1) is 11.8. The quantitative estimate of drug-likeness (QED) is 0.844. The number of benzene rings is 2. The van der Waals surface area contributed by atoms with E-state index in [4.69, 9.17) is 26.2 Å². The van der Waals surface area contributed by atoms with Gasteiger partial charge in [0.25, 0.3) is 5.91 Å². The third kappa shape index (κ3) is 3.55. The Bertz CT molecular complexity index is 959. The van der Waals surface area contributed by atoms with Crippen LogP contribution in [0.3, 0.4) is 0 Å². The number of ether oxygens (including phenoxy) is 2. The van der Waals surface area contributed by atoms with Gasteiger partial charge in [0.05, 0.1) is 9.92 Å². The molecule has 0 aliphatic carbocycles. The van der Waals surface area contributed by atoms with Crippen LogP contribution in [0.15, 0.2) is 35.2 Å². The predicted octanol–water partition coefficient (Wildman–Crippen LogP) is 2.53. The minimum atomic E-state index is -3.89. The lowest BCUT2D eigenvalue weighted by atomic mass is 10.1. The summed E-state index contributed by atoms with van der Waals surface area (Å²) in [6, 6.07) is 7.51. The number of nitrogens with two attached hydrogens (primary N) is 1. The van der Waals surface area contributed by atoms with Crippen molar-refractivity contribution >= 4 is 33.2 Å². The molecule has 1 amide bonds. The standard InChI is InChI=1S/C16H15ClN2O5S/c1-2-9-3-4-11(7-14(9)25(18,21)22)19-16(20)10-5-12(17)15-13(6-10)23-8-24-15/h3-7H,2,8H2,1H3,(H,19,20)(H2,18,21,22). The van der Waals surface area contributed by atoms with E-state index >= 15 is 0 Å². The number of hydrogen-bond donors (Lipinski definition) is 2. The molecular weight excluding hydrogens is 368 g/mol. The fourth-order valence-electron chi connectivity index (χ4n) is 2.49. The molecule has 0 unspecified atom stereocenters. The van der Waals surface area contributed by atoms with Gasteiger partial charge in [-0.2, -0.15) is 0 Å². The Kier molecular flexibility index (Phi) is 4.59.